The monoisotopic (exact) mass is 563 g/mol. The second kappa shape index (κ2) is 13.7. The van der Waals surface area contributed by atoms with Crippen molar-refractivity contribution in [2.75, 3.05) is 19.1 Å². The lowest BCUT2D eigenvalue weighted by Crippen LogP contribution is -2.55. The zero-order valence-electron chi connectivity index (χ0n) is 24.3. The van der Waals surface area contributed by atoms with E-state index in [1.807, 2.05) is 46.1 Å². The summed E-state index contributed by atoms with van der Waals surface area (Å²) in [6.45, 7) is 4.71. The molecule has 3 N–H and O–H groups in total. The third-order valence-corrected chi connectivity index (χ3v) is 7.42. The Morgan fingerprint density at radius 2 is 1.71 bits per heavy atom. The van der Waals surface area contributed by atoms with Crippen LogP contribution in [0.1, 0.15) is 61.9 Å². The lowest BCUT2D eigenvalue weighted by atomic mass is 9.83. The molecule has 3 amide bonds. The summed E-state index contributed by atoms with van der Waals surface area (Å²) in [6, 6.07) is 15.1. The lowest BCUT2D eigenvalue weighted by Gasteiger charge is -2.33. The van der Waals surface area contributed by atoms with E-state index in [4.69, 9.17) is 4.74 Å². The number of amides is 3. The number of rotatable bonds is 11. The third kappa shape index (κ3) is 7.92. The molecule has 0 spiro atoms. The fraction of sp³-hybridized carbons (Fsp3) is 0.484. The number of nitrogens with one attached hydrogen (secondary N) is 3. The van der Waals surface area contributed by atoms with Gasteiger partial charge >= 0.3 is 6.09 Å². The first kappa shape index (κ1) is 30.2. The molecule has 4 rings (SSSR count). The normalized spacial score (nSPS) is 21.5. The molecule has 1 saturated heterocycles. The summed E-state index contributed by atoms with van der Waals surface area (Å²) in [7, 11) is 3.98. The minimum absolute atomic E-state index is 0.101. The average molecular weight is 564 g/mol. The Kier molecular flexibility index (Phi) is 10.1. The van der Waals surface area contributed by atoms with Gasteiger partial charge in [-0.15, -0.1) is 0 Å². The van der Waals surface area contributed by atoms with E-state index in [0.717, 1.165) is 24.9 Å². The van der Waals surface area contributed by atoms with E-state index >= 15 is 0 Å². The molecule has 10 heteroatoms. The van der Waals surface area contributed by atoms with Gasteiger partial charge in [0.2, 0.25) is 17.9 Å². The number of hydrogen-bond acceptors (Lipinski definition) is 7. The Morgan fingerprint density at radius 3 is 2.37 bits per heavy atom. The van der Waals surface area contributed by atoms with Crippen LogP contribution in [0.3, 0.4) is 0 Å². The van der Waals surface area contributed by atoms with Gasteiger partial charge in [0.15, 0.2) is 0 Å². The van der Waals surface area contributed by atoms with Crippen LogP contribution in [0.4, 0.5) is 10.5 Å². The first-order valence-corrected chi connectivity index (χ1v) is 14.3. The van der Waals surface area contributed by atoms with Crippen molar-refractivity contribution in [1.29, 1.82) is 0 Å². The van der Waals surface area contributed by atoms with Gasteiger partial charge in [-0.05, 0) is 69.1 Å². The van der Waals surface area contributed by atoms with E-state index in [1.165, 1.54) is 5.01 Å². The van der Waals surface area contributed by atoms with E-state index in [9.17, 15) is 19.2 Å². The highest BCUT2D eigenvalue weighted by molar-refractivity contribution is 5.98. The van der Waals surface area contributed by atoms with Gasteiger partial charge in [-0.3, -0.25) is 14.4 Å². The maximum atomic E-state index is 13.6. The molecule has 2 fully saturated rings. The van der Waals surface area contributed by atoms with E-state index in [-0.39, 0.29) is 23.8 Å². The molecule has 0 aromatic heterocycles. The fourth-order valence-corrected chi connectivity index (χ4v) is 5.40. The van der Waals surface area contributed by atoms with Crippen LogP contribution in [0.5, 0.6) is 0 Å². The topological polar surface area (TPSA) is 120 Å². The number of anilines is 1. The Hall–Kier alpha value is -3.76. The van der Waals surface area contributed by atoms with Crippen LogP contribution in [0, 0.1) is 11.8 Å². The molecule has 1 aliphatic carbocycles. The highest BCUT2D eigenvalue weighted by Crippen LogP contribution is 2.26. The van der Waals surface area contributed by atoms with Gasteiger partial charge in [-0.1, -0.05) is 57.0 Å². The smallest absolute Gasteiger partial charge is 0.420 e. The highest BCUT2D eigenvalue weighted by atomic mass is 16.6. The van der Waals surface area contributed by atoms with Crippen LogP contribution in [-0.4, -0.2) is 61.0 Å². The molecule has 1 heterocycles. The number of hydrazine groups is 1. The Morgan fingerprint density at radius 1 is 1.02 bits per heavy atom. The summed E-state index contributed by atoms with van der Waals surface area (Å²) in [6.07, 6.45) is 1.54. The number of benzene rings is 2. The van der Waals surface area contributed by atoms with E-state index in [1.54, 1.807) is 36.4 Å². The molecule has 220 valence electrons. The number of cyclic esters (lactones) is 1. The van der Waals surface area contributed by atoms with Gasteiger partial charge < -0.3 is 20.3 Å². The second-order valence-electron chi connectivity index (χ2n) is 11.6. The van der Waals surface area contributed by atoms with Crippen molar-refractivity contribution in [3.05, 3.63) is 65.7 Å². The fourth-order valence-electron chi connectivity index (χ4n) is 5.40. The van der Waals surface area contributed by atoms with Gasteiger partial charge in [0.05, 0.1) is 17.6 Å². The largest absolute Gasteiger partial charge is 0.431 e. The molecule has 4 atom stereocenters. The molecule has 1 aliphatic heterocycles. The summed E-state index contributed by atoms with van der Waals surface area (Å²) < 4.78 is 5.35. The minimum Gasteiger partial charge on any atom is -0.420 e. The summed E-state index contributed by atoms with van der Waals surface area (Å²) >= 11 is 0. The summed E-state index contributed by atoms with van der Waals surface area (Å²) in [5, 5.41) is 7.20. The maximum absolute atomic E-state index is 13.6. The van der Waals surface area contributed by atoms with Crippen LogP contribution in [0.2, 0.25) is 0 Å². The molecular weight excluding hydrogens is 522 g/mol. The third-order valence-electron chi connectivity index (χ3n) is 7.42. The van der Waals surface area contributed by atoms with Gasteiger partial charge in [0.1, 0.15) is 0 Å². The number of para-hydroxylation sites is 1. The highest BCUT2D eigenvalue weighted by Gasteiger charge is 2.41. The first-order valence-electron chi connectivity index (χ1n) is 14.3. The minimum atomic E-state index is -1.22. The van der Waals surface area contributed by atoms with Gasteiger partial charge in [0.25, 0.3) is 5.91 Å². The molecule has 2 aromatic carbocycles. The molecule has 10 nitrogen and oxygen atoms in total. The zero-order valence-corrected chi connectivity index (χ0v) is 24.3. The van der Waals surface area contributed by atoms with Gasteiger partial charge in [0, 0.05) is 18.2 Å². The molecule has 1 saturated carbocycles. The van der Waals surface area contributed by atoms with Crippen LogP contribution in [0.15, 0.2) is 54.6 Å². The molecule has 1 unspecified atom stereocenters. The number of nitrogens with zero attached hydrogens (tertiary/aromatic N) is 2. The molecule has 0 bridgehead atoms. The number of hydrogen-bond donors (Lipinski definition) is 3. The van der Waals surface area contributed by atoms with Crippen LogP contribution < -0.4 is 21.1 Å². The van der Waals surface area contributed by atoms with Gasteiger partial charge in [-0.2, -0.15) is 5.43 Å². The van der Waals surface area contributed by atoms with Crippen LogP contribution in [-0.2, 0) is 20.9 Å². The molecule has 2 aliphatic rings. The quantitative estimate of drug-likeness (QED) is 0.382. The van der Waals surface area contributed by atoms with Crippen molar-refractivity contribution in [2.45, 2.75) is 70.8 Å². The molecule has 0 radical (unpaired) electrons. The van der Waals surface area contributed by atoms with E-state index < -0.39 is 30.1 Å². The Labute approximate surface area is 241 Å². The van der Waals surface area contributed by atoms with Crippen molar-refractivity contribution in [3.63, 3.8) is 0 Å². The predicted octanol–water partition coefficient (Wildman–Crippen LogP) is 3.62. The number of Topliss-reactive ketones (excluding diaryl/α,β-unsaturated/α-hetero) is 1. The molecule has 2 aromatic rings. The average Bonchev–Trinajstić information content (AvgIpc) is 3.34. The van der Waals surface area contributed by atoms with Crippen molar-refractivity contribution >= 4 is 29.4 Å². The van der Waals surface area contributed by atoms with Crippen molar-refractivity contribution in [1.82, 2.24) is 21.0 Å². The lowest BCUT2D eigenvalue weighted by molar-refractivity contribution is -0.135. The van der Waals surface area contributed by atoms with E-state index in [2.05, 4.69) is 21.0 Å². The van der Waals surface area contributed by atoms with Crippen molar-refractivity contribution in [2.24, 2.45) is 11.8 Å². The Balaban J connectivity index is 1.41. The number of carbonyl (C=O) groups is 4. The number of ketones is 1. The van der Waals surface area contributed by atoms with Crippen molar-refractivity contribution < 1.29 is 23.9 Å². The standard InChI is InChI=1S/C31H41N5O5/c1-20(2)18-26(27(37)30-34-36(31(40)41-30)23-10-6-5-7-11-23)33-29(39)24-12-8-9-13-25(24)32-28(38)22-16-14-21(15-17-22)19-35(3)4/h5-7,10-11,14-17,20,24-26,30,34H,8-9,12-13,18-19H2,1-4H3,(H,32,38)(H,33,39)/t24-,25+,26?,30+/m1/s1. The van der Waals surface area contributed by atoms with Crippen LogP contribution in [0.25, 0.3) is 0 Å². The van der Waals surface area contributed by atoms with E-state index in [0.29, 0.717) is 30.5 Å². The van der Waals surface area contributed by atoms with Crippen molar-refractivity contribution in [3.8, 4) is 0 Å². The predicted molar refractivity (Wildman–Crippen MR) is 156 cm³/mol. The first-order chi connectivity index (χ1) is 19.6. The maximum Gasteiger partial charge on any atom is 0.431 e. The number of carbonyl (C=O) groups excluding carboxylic acids is 4. The summed E-state index contributed by atoms with van der Waals surface area (Å²) in [5.74, 6) is -1.29. The molecule has 41 heavy (non-hydrogen) atoms. The SMILES string of the molecule is CC(C)CC(NC(=O)[C@@H]1CCCC[C@@H]1NC(=O)c1ccc(CN(C)C)cc1)C(=O)[C@H]1NN(c2ccccc2)C(=O)O1. The Bertz CT molecular complexity index is 1220. The van der Waals surface area contributed by atoms with Crippen LogP contribution >= 0.6 is 0 Å². The summed E-state index contributed by atoms with van der Waals surface area (Å²) in [5.41, 5.74) is 5.03. The zero-order chi connectivity index (χ0) is 29.5. The number of ether oxygens (including phenoxy) is 1. The second-order valence-corrected chi connectivity index (χ2v) is 11.6. The van der Waals surface area contributed by atoms with Gasteiger partial charge in [-0.25, -0.2) is 9.80 Å². The summed E-state index contributed by atoms with van der Waals surface area (Å²) in [4.78, 5) is 54.7. The molecular formula is C31H41N5O5.